The van der Waals surface area contributed by atoms with Crippen LogP contribution in [0.5, 0.6) is 0 Å². The number of piperidine rings is 1. The number of aliphatic carboxylic acids is 1. The number of hydrogen-bond donors (Lipinski definition) is 2. The number of carboxylic acids is 1. The SMILES string of the molecule is CCC1(C)CCN(C(=O)N[C@H](CC(C)C)C(=O)O)CC1. The van der Waals surface area contributed by atoms with E-state index in [2.05, 4.69) is 19.2 Å². The van der Waals surface area contributed by atoms with Gasteiger partial charge in [-0.1, -0.05) is 34.1 Å². The topological polar surface area (TPSA) is 69.6 Å². The summed E-state index contributed by atoms with van der Waals surface area (Å²) in [6.45, 7) is 9.76. The molecule has 1 saturated heterocycles. The van der Waals surface area contributed by atoms with Crippen molar-refractivity contribution >= 4 is 12.0 Å². The first-order valence-electron chi connectivity index (χ1n) is 7.55. The molecule has 0 aromatic carbocycles. The molecular weight excluding hydrogens is 256 g/mol. The van der Waals surface area contributed by atoms with Crippen LogP contribution in [0.4, 0.5) is 4.79 Å². The van der Waals surface area contributed by atoms with Gasteiger partial charge >= 0.3 is 12.0 Å². The van der Waals surface area contributed by atoms with E-state index in [9.17, 15) is 9.59 Å². The van der Waals surface area contributed by atoms with Crippen molar-refractivity contribution < 1.29 is 14.7 Å². The Morgan fingerprint density at radius 3 is 2.25 bits per heavy atom. The summed E-state index contributed by atoms with van der Waals surface area (Å²) >= 11 is 0. The van der Waals surface area contributed by atoms with Crippen LogP contribution in [0.25, 0.3) is 0 Å². The van der Waals surface area contributed by atoms with Gasteiger partial charge in [0.25, 0.3) is 0 Å². The zero-order chi connectivity index (χ0) is 15.3. The van der Waals surface area contributed by atoms with E-state index in [0.29, 0.717) is 24.9 Å². The van der Waals surface area contributed by atoms with Crippen molar-refractivity contribution in [3.05, 3.63) is 0 Å². The molecule has 116 valence electrons. The Labute approximate surface area is 121 Å². The van der Waals surface area contributed by atoms with Gasteiger partial charge in [0.15, 0.2) is 0 Å². The molecule has 0 radical (unpaired) electrons. The highest BCUT2D eigenvalue weighted by atomic mass is 16.4. The minimum Gasteiger partial charge on any atom is -0.480 e. The Balaban J connectivity index is 2.52. The van der Waals surface area contributed by atoms with Crippen molar-refractivity contribution in [3.8, 4) is 0 Å². The number of carbonyl (C=O) groups is 2. The lowest BCUT2D eigenvalue weighted by Gasteiger charge is -2.39. The van der Waals surface area contributed by atoms with Gasteiger partial charge in [0.2, 0.25) is 0 Å². The molecule has 1 fully saturated rings. The lowest BCUT2D eigenvalue weighted by Crippen LogP contribution is -2.51. The van der Waals surface area contributed by atoms with Crippen molar-refractivity contribution in [1.82, 2.24) is 10.2 Å². The molecule has 0 bridgehead atoms. The van der Waals surface area contributed by atoms with E-state index in [-0.39, 0.29) is 11.9 Å². The maximum absolute atomic E-state index is 12.1. The van der Waals surface area contributed by atoms with Crippen molar-refractivity contribution in [3.63, 3.8) is 0 Å². The predicted octanol–water partition coefficient (Wildman–Crippen LogP) is 2.71. The smallest absolute Gasteiger partial charge is 0.326 e. The molecule has 2 amide bonds. The number of nitrogens with zero attached hydrogens (tertiary/aromatic N) is 1. The van der Waals surface area contributed by atoms with Crippen LogP contribution in [0, 0.1) is 11.3 Å². The normalized spacial score (nSPS) is 19.8. The molecule has 0 aliphatic carbocycles. The molecule has 0 aromatic heterocycles. The number of amides is 2. The second kappa shape index (κ2) is 6.95. The third-order valence-corrected chi connectivity index (χ3v) is 4.41. The van der Waals surface area contributed by atoms with Gasteiger partial charge in [-0.3, -0.25) is 0 Å². The average molecular weight is 284 g/mol. The first-order valence-corrected chi connectivity index (χ1v) is 7.55. The number of likely N-dealkylation sites (tertiary alicyclic amines) is 1. The molecule has 0 saturated carbocycles. The molecule has 0 unspecified atom stereocenters. The molecule has 5 heteroatoms. The van der Waals surface area contributed by atoms with Crippen LogP contribution >= 0.6 is 0 Å². The number of carboxylic acid groups (broad SMARTS) is 1. The monoisotopic (exact) mass is 284 g/mol. The number of rotatable bonds is 5. The van der Waals surface area contributed by atoms with Crippen LogP contribution in [0.15, 0.2) is 0 Å². The lowest BCUT2D eigenvalue weighted by atomic mass is 9.78. The van der Waals surface area contributed by atoms with E-state index in [1.807, 2.05) is 13.8 Å². The van der Waals surface area contributed by atoms with E-state index < -0.39 is 12.0 Å². The molecule has 5 nitrogen and oxygen atoms in total. The number of hydrogen-bond acceptors (Lipinski definition) is 2. The first kappa shape index (κ1) is 16.8. The summed E-state index contributed by atoms with van der Waals surface area (Å²) < 4.78 is 0. The van der Waals surface area contributed by atoms with Crippen molar-refractivity contribution in [2.75, 3.05) is 13.1 Å². The highest BCUT2D eigenvalue weighted by molar-refractivity contribution is 5.82. The minimum absolute atomic E-state index is 0.237. The highest BCUT2D eigenvalue weighted by Gasteiger charge is 2.31. The molecule has 2 N–H and O–H groups in total. The molecule has 1 aliphatic heterocycles. The molecule has 0 aromatic rings. The van der Waals surface area contributed by atoms with E-state index >= 15 is 0 Å². The summed E-state index contributed by atoms with van der Waals surface area (Å²) in [5.41, 5.74) is 0.320. The predicted molar refractivity (Wildman–Crippen MR) is 78.6 cm³/mol. The van der Waals surface area contributed by atoms with Crippen molar-refractivity contribution in [1.29, 1.82) is 0 Å². The number of carbonyl (C=O) groups excluding carboxylic acids is 1. The van der Waals surface area contributed by atoms with Crippen LogP contribution < -0.4 is 5.32 Å². The first-order chi connectivity index (χ1) is 9.27. The summed E-state index contributed by atoms with van der Waals surface area (Å²) in [5, 5.41) is 11.8. The Bertz CT molecular complexity index is 347. The largest absolute Gasteiger partial charge is 0.480 e. The lowest BCUT2D eigenvalue weighted by molar-refractivity contribution is -0.139. The molecule has 20 heavy (non-hydrogen) atoms. The zero-order valence-corrected chi connectivity index (χ0v) is 13.1. The maximum Gasteiger partial charge on any atom is 0.326 e. The fourth-order valence-corrected chi connectivity index (χ4v) is 2.54. The van der Waals surface area contributed by atoms with Gasteiger partial charge in [0, 0.05) is 13.1 Å². The minimum atomic E-state index is -0.956. The second-order valence-electron chi connectivity index (χ2n) is 6.62. The molecule has 1 rings (SSSR count). The third-order valence-electron chi connectivity index (χ3n) is 4.41. The summed E-state index contributed by atoms with van der Waals surface area (Å²) in [4.78, 5) is 25.1. The van der Waals surface area contributed by atoms with Gasteiger partial charge in [-0.2, -0.15) is 0 Å². The van der Waals surface area contributed by atoms with Gasteiger partial charge in [-0.15, -0.1) is 0 Å². The van der Waals surface area contributed by atoms with Gasteiger partial charge in [-0.05, 0) is 30.6 Å². The molecular formula is C15H28N2O3. The summed E-state index contributed by atoms with van der Waals surface area (Å²) in [7, 11) is 0. The molecule has 1 heterocycles. The van der Waals surface area contributed by atoms with Crippen LogP contribution in [0.3, 0.4) is 0 Å². The Morgan fingerprint density at radius 1 is 1.30 bits per heavy atom. The Morgan fingerprint density at radius 2 is 1.85 bits per heavy atom. The van der Waals surface area contributed by atoms with Crippen molar-refractivity contribution in [2.24, 2.45) is 11.3 Å². The van der Waals surface area contributed by atoms with Gasteiger partial charge < -0.3 is 15.3 Å². The summed E-state index contributed by atoms with van der Waals surface area (Å²) in [5.74, 6) is -0.719. The molecule has 1 atom stereocenters. The van der Waals surface area contributed by atoms with E-state index in [0.717, 1.165) is 19.3 Å². The third kappa shape index (κ3) is 4.69. The van der Waals surface area contributed by atoms with Crippen LogP contribution in [-0.2, 0) is 4.79 Å². The Kier molecular flexibility index (Phi) is 5.84. The highest BCUT2D eigenvalue weighted by Crippen LogP contribution is 2.33. The average Bonchev–Trinajstić information content (AvgIpc) is 2.38. The van der Waals surface area contributed by atoms with E-state index in [4.69, 9.17) is 5.11 Å². The quantitative estimate of drug-likeness (QED) is 0.815. The number of urea groups is 1. The fraction of sp³-hybridized carbons (Fsp3) is 0.867. The van der Waals surface area contributed by atoms with Gasteiger partial charge in [0.1, 0.15) is 6.04 Å². The second-order valence-corrected chi connectivity index (χ2v) is 6.62. The molecule has 1 aliphatic rings. The van der Waals surface area contributed by atoms with Crippen LogP contribution in [0.2, 0.25) is 0 Å². The van der Waals surface area contributed by atoms with Gasteiger partial charge in [0.05, 0.1) is 0 Å². The van der Waals surface area contributed by atoms with Gasteiger partial charge in [-0.25, -0.2) is 9.59 Å². The number of nitrogens with one attached hydrogen (secondary N) is 1. The maximum atomic E-state index is 12.1. The zero-order valence-electron chi connectivity index (χ0n) is 13.1. The fourth-order valence-electron chi connectivity index (χ4n) is 2.54. The Hall–Kier alpha value is -1.26. The summed E-state index contributed by atoms with van der Waals surface area (Å²) in [6.07, 6.45) is 3.55. The standard InChI is InChI=1S/C15H28N2O3/c1-5-15(4)6-8-17(9-7-15)14(20)16-12(13(18)19)10-11(2)3/h11-12H,5-10H2,1-4H3,(H,16,20)(H,18,19)/t12-/m1/s1. The van der Waals surface area contributed by atoms with Crippen LogP contribution in [-0.4, -0.2) is 41.1 Å². The van der Waals surface area contributed by atoms with Crippen molar-refractivity contribution in [2.45, 2.75) is 59.4 Å². The summed E-state index contributed by atoms with van der Waals surface area (Å²) in [6, 6.07) is -1.03. The van der Waals surface area contributed by atoms with E-state index in [1.54, 1.807) is 4.90 Å². The molecule has 0 spiro atoms. The van der Waals surface area contributed by atoms with E-state index in [1.165, 1.54) is 0 Å². The van der Waals surface area contributed by atoms with Crippen LogP contribution in [0.1, 0.15) is 53.4 Å².